The third kappa shape index (κ3) is 5.11. The molecule has 0 bridgehead atoms. The highest BCUT2D eigenvalue weighted by atomic mass is 16.2. The van der Waals surface area contributed by atoms with Crippen molar-refractivity contribution in [3.8, 4) is 0 Å². The largest absolute Gasteiger partial charge is 0.350 e. The fourth-order valence-electron chi connectivity index (χ4n) is 1.84. The van der Waals surface area contributed by atoms with Gasteiger partial charge in [0.05, 0.1) is 6.33 Å². The lowest BCUT2D eigenvalue weighted by molar-refractivity contribution is -0.129. The van der Waals surface area contributed by atoms with E-state index in [4.69, 9.17) is 0 Å². The smallest absolute Gasteiger partial charge is 0.243 e. The SMILES string of the molecule is CC(=O)NC(C(=O)NC(C)Cn1ccnc1)C(C)C. The average Bonchev–Trinajstić information content (AvgIpc) is 2.77. The Balaban J connectivity index is 2.53. The first-order valence-electron chi connectivity index (χ1n) is 6.43. The first-order valence-corrected chi connectivity index (χ1v) is 6.43. The number of amides is 2. The zero-order valence-electron chi connectivity index (χ0n) is 11.9. The van der Waals surface area contributed by atoms with Gasteiger partial charge in [-0.05, 0) is 12.8 Å². The van der Waals surface area contributed by atoms with Crippen molar-refractivity contribution in [1.82, 2.24) is 20.2 Å². The van der Waals surface area contributed by atoms with Crippen LogP contribution in [0.2, 0.25) is 0 Å². The van der Waals surface area contributed by atoms with Gasteiger partial charge in [-0.15, -0.1) is 0 Å². The Morgan fingerprint density at radius 3 is 2.42 bits per heavy atom. The molecule has 6 heteroatoms. The number of hydrogen-bond donors (Lipinski definition) is 2. The molecule has 0 saturated carbocycles. The molecular weight excluding hydrogens is 244 g/mol. The molecule has 1 rings (SSSR count). The van der Waals surface area contributed by atoms with Gasteiger partial charge in [-0.2, -0.15) is 0 Å². The molecule has 0 aromatic carbocycles. The maximum Gasteiger partial charge on any atom is 0.243 e. The monoisotopic (exact) mass is 266 g/mol. The number of imidazole rings is 1. The Labute approximate surface area is 113 Å². The van der Waals surface area contributed by atoms with Crippen molar-refractivity contribution < 1.29 is 9.59 Å². The summed E-state index contributed by atoms with van der Waals surface area (Å²) in [4.78, 5) is 27.2. The highest BCUT2D eigenvalue weighted by Gasteiger charge is 2.23. The zero-order chi connectivity index (χ0) is 14.4. The summed E-state index contributed by atoms with van der Waals surface area (Å²) < 4.78 is 1.90. The molecule has 6 nitrogen and oxygen atoms in total. The van der Waals surface area contributed by atoms with Crippen molar-refractivity contribution in [1.29, 1.82) is 0 Å². The molecule has 2 N–H and O–H groups in total. The standard InChI is InChI=1S/C13H22N4O2/c1-9(2)12(16-11(4)18)13(19)15-10(3)7-17-6-5-14-8-17/h5-6,8-10,12H,7H2,1-4H3,(H,15,19)(H,16,18). The number of nitrogens with zero attached hydrogens (tertiary/aromatic N) is 2. The number of rotatable bonds is 6. The summed E-state index contributed by atoms with van der Waals surface area (Å²) >= 11 is 0. The van der Waals surface area contributed by atoms with Crippen molar-refractivity contribution in [3.05, 3.63) is 18.7 Å². The van der Waals surface area contributed by atoms with Crippen LogP contribution in [-0.4, -0.2) is 33.4 Å². The van der Waals surface area contributed by atoms with Gasteiger partial charge in [0.1, 0.15) is 6.04 Å². The van der Waals surface area contributed by atoms with Crippen molar-refractivity contribution in [2.24, 2.45) is 5.92 Å². The summed E-state index contributed by atoms with van der Waals surface area (Å²) in [5.74, 6) is -0.307. The molecule has 0 spiro atoms. The van der Waals surface area contributed by atoms with Gasteiger partial charge >= 0.3 is 0 Å². The molecule has 0 aliphatic rings. The maximum atomic E-state index is 12.1. The van der Waals surface area contributed by atoms with E-state index in [1.807, 2.05) is 31.5 Å². The highest BCUT2D eigenvalue weighted by molar-refractivity contribution is 5.87. The normalized spacial score (nSPS) is 13.9. The predicted molar refractivity (Wildman–Crippen MR) is 72.3 cm³/mol. The summed E-state index contributed by atoms with van der Waals surface area (Å²) in [5, 5.41) is 5.58. The summed E-state index contributed by atoms with van der Waals surface area (Å²) in [6.45, 7) is 7.79. The quantitative estimate of drug-likeness (QED) is 0.789. The molecule has 0 saturated heterocycles. The van der Waals surface area contributed by atoms with Gasteiger partial charge in [0.15, 0.2) is 0 Å². The Morgan fingerprint density at radius 2 is 1.95 bits per heavy atom. The van der Waals surface area contributed by atoms with Crippen LogP contribution in [0.15, 0.2) is 18.7 Å². The molecule has 2 amide bonds. The van der Waals surface area contributed by atoms with Gasteiger partial charge < -0.3 is 15.2 Å². The first kappa shape index (κ1) is 15.2. The molecule has 106 valence electrons. The molecule has 19 heavy (non-hydrogen) atoms. The second-order valence-electron chi connectivity index (χ2n) is 5.09. The van der Waals surface area contributed by atoms with Crippen molar-refractivity contribution in [2.75, 3.05) is 0 Å². The van der Waals surface area contributed by atoms with Crippen LogP contribution in [0, 0.1) is 5.92 Å². The molecule has 1 heterocycles. The first-order chi connectivity index (χ1) is 8.90. The van der Waals surface area contributed by atoms with Crippen molar-refractivity contribution in [3.63, 3.8) is 0 Å². The van der Waals surface area contributed by atoms with Gasteiger partial charge in [0, 0.05) is 31.9 Å². The summed E-state index contributed by atoms with van der Waals surface area (Å²) in [6.07, 6.45) is 5.25. The summed E-state index contributed by atoms with van der Waals surface area (Å²) in [7, 11) is 0. The van der Waals surface area contributed by atoms with Crippen LogP contribution in [-0.2, 0) is 16.1 Å². The van der Waals surface area contributed by atoms with E-state index in [0.29, 0.717) is 6.54 Å². The number of aromatic nitrogens is 2. The molecule has 0 fully saturated rings. The van der Waals surface area contributed by atoms with Crippen molar-refractivity contribution >= 4 is 11.8 Å². The minimum atomic E-state index is -0.497. The van der Waals surface area contributed by atoms with Gasteiger partial charge in [0.2, 0.25) is 11.8 Å². The molecule has 0 radical (unpaired) electrons. The Kier molecular flexibility index (Phi) is 5.54. The van der Waals surface area contributed by atoms with Gasteiger partial charge in [-0.3, -0.25) is 9.59 Å². The van der Waals surface area contributed by atoms with Crippen molar-refractivity contribution in [2.45, 2.75) is 46.3 Å². The average molecular weight is 266 g/mol. The molecule has 2 atom stereocenters. The molecule has 2 unspecified atom stereocenters. The second kappa shape index (κ2) is 6.92. The minimum absolute atomic E-state index is 0.0308. The number of hydrogen-bond acceptors (Lipinski definition) is 3. The summed E-state index contributed by atoms with van der Waals surface area (Å²) in [6, 6.07) is -0.528. The lowest BCUT2D eigenvalue weighted by atomic mass is 10.0. The molecular formula is C13H22N4O2. The summed E-state index contributed by atoms with van der Waals surface area (Å²) in [5.41, 5.74) is 0. The topological polar surface area (TPSA) is 76.0 Å². The Hall–Kier alpha value is -1.85. The van der Waals surface area contributed by atoms with E-state index < -0.39 is 6.04 Å². The fraction of sp³-hybridized carbons (Fsp3) is 0.615. The third-order valence-corrected chi connectivity index (χ3v) is 2.74. The van der Waals surface area contributed by atoms with Crippen LogP contribution in [0.4, 0.5) is 0 Å². The van der Waals surface area contributed by atoms with E-state index in [-0.39, 0.29) is 23.8 Å². The number of carbonyl (C=O) groups is 2. The van der Waals surface area contributed by atoms with Crippen LogP contribution in [0.1, 0.15) is 27.7 Å². The van der Waals surface area contributed by atoms with Gasteiger partial charge in [-0.1, -0.05) is 13.8 Å². The molecule has 0 aliphatic heterocycles. The van der Waals surface area contributed by atoms with E-state index in [1.165, 1.54) is 6.92 Å². The van der Waals surface area contributed by atoms with Crippen LogP contribution >= 0.6 is 0 Å². The van der Waals surface area contributed by atoms with Gasteiger partial charge in [0.25, 0.3) is 0 Å². The third-order valence-electron chi connectivity index (χ3n) is 2.74. The van der Waals surface area contributed by atoms with E-state index >= 15 is 0 Å². The molecule has 1 aromatic heterocycles. The van der Waals surface area contributed by atoms with E-state index in [1.54, 1.807) is 12.5 Å². The molecule has 1 aromatic rings. The number of nitrogens with one attached hydrogen (secondary N) is 2. The van der Waals surface area contributed by atoms with Crippen LogP contribution in [0.25, 0.3) is 0 Å². The van der Waals surface area contributed by atoms with E-state index in [0.717, 1.165) is 0 Å². The highest BCUT2D eigenvalue weighted by Crippen LogP contribution is 2.03. The lowest BCUT2D eigenvalue weighted by Crippen LogP contribution is -2.51. The van der Waals surface area contributed by atoms with Crippen LogP contribution in [0.5, 0.6) is 0 Å². The predicted octanol–water partition coefficient (Wildman–Crippen LogP) is 0.549. The zero-order valence-corrected chi connectivity index (χ0v) is 11.9. The van der Waals surface area contributed by atoms with Crippen LogP contribution < -0.4 is 10.6 Å². The Bertz CT molecular complexity index is 414. The van der Waals surface area contributed by atoms with Gasteiger partial charge in [-0.25, -0.2) is 4.98 Å². The number of carbonyl (C=O) groups excluding carboxylic acids is 2. The molecule has 0 aliphatic carbocycles. The van der Waals surface area contributed by atoms with Crippen LogP contribution in [0.3, 0.4) is 0 Å². The maximum absolute atomic E-state index is 12.1. The van der Waals surface area contributed by atoms with E-state index in [2.05, 4.69) is 15.6 Å². The fourth-order valence-corrected chi connectivity index (χ4v) is 1.84. The Morgan fingerprint density at radius 1 is 1.26 bits per heavy atom. The lowest BCUT2D eigenvalue weighted by Gasteiger charge is -2.23. The second-order valence-corrected chi connectivity index (χ2v) is 5.09. The minimum Gasteiger partial charge on any atom is -0.350 e. The van der Waals surface area contributed by atoms with E-state index in [9.17, 15) is 9.59 Å².